The van der Waals surface area contributed by atoms with Gasteiger partial charge in [0.15, 0.2) is 0 Å². The molecule has 0 amide bonds. The molecule has 0 spiro atoms. The van der Waals surface area contributed by atoms with E-state index in [0.29, 0.717) is 5.41 Å². The van der Waals surface area contributed by atoms with Crippen LogP contribution in [-0.4, -0.2) is 13.1 Å². The molecule has 1 aromatic rings. The van der Waals surface area contributed by atoms with Crippen LogP contribution >= 0.6 is 11.3 Å². The summed E-state index contributed by atoms with van der Waals surface area (Å²) in [7, 11) is 0. The van der Waals surface area contributed by atoms with Crippen molar-refractivity contribution in [2.75, 3.05) is 13.1 Å². The van der Waals surface area contributed by atoms with Crippen molar-refractivity contribution in [3.05, 3.63) is 22.4 Å². The molecule has 0 aliphatic heterocycles. The fourth-order valence-corrected chi connectivity index (χ4v) is 2.72. The van der Waals surface area contributed by atoms with E-state index in [1.807, 2.05) is 0 Å². The molecule has 0 aromatic carbocycles. The molecule has 2 rings (SSSR count). The Bertz CT molecular complexity index is 262. The van der Waals surface area contributed by atoms with Crippen molar-refractivity contribution in [1.82, 2.24) is 5.32 Å². The van der Waals surface area contributed by atoms with E-state index in [-0.39, 0.29) is 0 Å². The van der Waals surface area contributed by atoms with Crippen LogP contribution in [0.15, 0.2) is 16.8 Å². The Kier molecular flexibility index (Phi) is 3.24. The van der Waals surface area contributed by atoms with Crippen LogP contribution < -0.4 is 5.32 Å². The maximum Gasteiger partial charge on any atom is 0.000529 e. The third-order valence-corrected chi connectivity index (χ3v) is 4.02. The molecule has 0 atom stereocenters. The van der Waals surface area contributed by atoms with E-state index in [4.69, 9.17) is 0 Å². The SMILES string of the molecule is CC1(CNCCc2ccsc2)CCC1. The van der Waals surface area contributed by atoms with Gasteiger partial charge in [-0.1, -0.05) is 13.3 Å². The Balaban J connectivity index is 1.59. The normalized spacial score (nSPS) is 19.2. The molecule has 78 valence electrons. The fraction of sp³-hybridized carbons (Fsp3) is 0.667. The van der Waals surface area contributed by atoms with Crippen molar-refractivity contribution in [1.29, 1.82) is 0 Å². The lowest BCUT2D eigenvalue weighted by Gasteiger charge is -2.38. The first-order chi connectivity index (χ1) is 6.79. The maximum absolute atomic E-state index is 3.57. The lowest BCUT2D eigenvalue weighted by Crippen LogP contribution is -2.37. The number of rotatable bonds is 5. The molecule has 1 aromatic heterocycles. The quantitative estimate of drug-likeness (QED) is 0.735. The Morgan fingerprint density at radius 2 is 2.36 bits per heavy atom. The molecule has 2 heteroatoms. The molecule has 1 aliphatic carbocycles. The number of thiophene rings is 1. The first-order valence-electron chi connectivity index (χ1n) is 5.50. The standard InChI is InChI=1S/C12H19NS/c1-12(5-2-6-12)10-13-7-3-11-4-8-14-9-11/h4,8-9,13H,2-3,5-7,10H2,1H3. The van der Waals surface area contributed by atoms with Crippen molar-refractivity contribution in [3.63, 3.8) is 0 Å². The summed E-state index contributed by atoms with van der Waals surface area (Å²) in [5, 5.41) is 7.97. The molecule has 0 unspecified atom stereocenters. The highest BCUT2D eigenvalue weighted by molar-refractivity contribution is 7.07. The molecular weight excluding hydrogens is 190 g/mol. The van der Waals surface area contributed by atoms with E-state index in [9.17, 15) is 0 Å². The summed E-state index contributed by atoms with van der Waals surface area (Å²) in [6.45, 7) is 4.73. The van der Waals surface area contributed by atoms with Gasteiger partial charge in [-0.25, -0.2) is 0 Å². The molecule has 0 bridgehead atoms. The minimum absolute atomic E-state index is 0.620. The summed E-state index contributed by atoms with van der Waals surface area (Å²) < 4.78 is 0. The Morgan fingerprint density at radius 3 is 2.93 bits per heavy atom. The predicted octanol–water partition coefficient (Wildman–Crippen LogP) is 3.07. The van der Waals surface area contributed by atoms with E-state index in [1.165, 1.54) is 37.8 Å². The van der Waals surface area contributed by atoms with Gasteiger partial charge < -0.3 is 5.32 Å². The topological polar surface area (TPSA) is 12.0 Å². The highest BCUT2D eigenvalue weighted by atomic mass is 32.1. The van der Waals surface area contributed by atoms with Gasteiger partial charge in [0.05, 0.1) is 0 Å². The third kappa shape index (κ3) is 2.58. The molecular formula is C12H19NS. The zero-order valence-corrected chi connectivity index (χ0v) is 9.70. The number of hydrogen-bond donors (Lipinski definition) is 1. The summed E-state index contributed by atoms with van der Waals surface area (Å²) in [4.78, 5) is 0. The largest absolute Gasteiger partial charge is 0.316 e. The summed E-state index contributed by atoms with van der Waals surface area (Å²) >= 11 is 1.79. The minimum atomic E-state index is 0.620. The van der Waals surface area contributed by atoms with Gasteiger partial charge in [-0.2, -0.15) is 11.3 Å². The van der Waals surface area contributed by atoms with Gasteiger partial charge in [0.1, 0.15) is 0 Å². The van der Waals surface area contributed by atoms with Crippen LogP contribution in [0.4, 0.5) is 0 Å². The van der Waals surface area contributed by atoms with Crippen LogP contribution in [0.25, 0.3) is 0 Å². The van der Waals surface area contributed by atoms with Crippen LogP contribution in [0, 0.1) is 5.41 Å². The van der Waals surface area contributed by atoms with Crippen LogP contribution in [0.1, 0.15) is 31.7 Å². The molecule has 1 heterocycles. The number of nitrogens with one attached hydrogen (secondary N) is 1. The minimum Gasteiger partial charge on any atom is -0.316 e. The molecule has 0 radical (unpaired) electrons. The van der Waals surface area contributed by atoms with E-state index in [1.54, 1.807) is 11.3 Å². The summed E-state index contributed by atoms with van der Waals surface area (Å²) in [6, 6.07) is 2.22. The smallest absolute Gasteiger partial charge is 0.000529 e. The van der Waals surface area contributed by atoms with E-state index >= 15 is 0 Å². The second kappa shape index (κ2) is 4.45. The Hall–Kier alpha value is -0.340. The molecule has 14 heavy (non-hydrogen) atoms. The van der Waals surface area contributed by atoms with E-state index < -0.39 is 0 Å². The fourth-order valence-electron chi connectivity index (χ4n) is 2.01. The molecule has 1 N–H and O–H groups in total. The molecule has 1 aliphatic rings. The van der Waals surface area contributed by atoms with Gasteiger partial charge >= 0.3 is 0 Å². The average Bonchev–Trinajstić information content (AvgIpc) is 2.62. The van der Waals surface area contributed by atoms with Gasteiger partial charge in [-0.3, -0.25) is 0 Å². The highest BCUT2D eigenvalue weighted by Crippen LogP contribution is 2.39. The van der Waals surface area contributed by atoms with Crippen LogP contribution in [-0.2, 0) is 6.42 Å². The summed E-state index contributed by atoms with van der Waals surface area (Å²) in [5.41, 5.74) is 2.09. The second-order valence-electron chi connectivity index (χ2n) is 4.72. The molecule has 0 saturated heterocycles. The maximum atomic E-state index is 3.57. The van der Waals surface area contributed by atoms with Gasteiger partial charge in [-0.05, 0) is 53.6 Å². The van der Waals surface area contributed by atoms with Crippen molar-refractivity contribution < 1.29 is 0 Å². The van der Waals surface area contributed by atoms with E-state index in [0.717, 1.165) is 6.54 Å². The van der Waals surface area contributed by atoms with E-state index in [2.05, 4.69) is 29.1 Å². The average molecular weight is 209 g/mol. The number of hydrogen-bond acceptors (Lipinski definition) is 2. The van der Waals surface area contributed by atoms with Gasteiger partial charge in [0.25, 0.3) is 0 Å². The predicted molar refractivity (Wildman–Crippen MR) is 62.9 cm³/mol. The van der Waals surface area contributed by atoms with Crippen LogP contribution in [0.5, 0.6) is 0 Å². The molecule has 1 nitrogen and oxygen atoms in total. The van der Waals surface area contributed by atoms with Crippen LogP contribution in [0.2, 0.25) is 0 Å². The first kappa shape index (κ1) is 10.2. The van der Waals surface area contributed by atoms with Crippen LogP contribution in [0.3, 0.4) is 0 Å². The molecule has 1 fully saturated rings. The van der Waals surface area contributed by atoms with Gasteiger partial charge in [0.2, 0.25) is 0 Å². The summed E-state index contributed by atoms with van der Waals surface area (Å²) in [5.74, 6) is 0. The van der Waals surface area contributed by atoms with Crippen molar-refractivity contribution >= 4 is 11.3 Å². The van der Waals surface area contributed by atoms with Gasteiger partial charge in [0, 0.05) is 6.54 Å². The zero-order chi connectivity index (χ0) is 9.86. The summed E-state index contributed by atoms with van der Waals surface area (Å²) in [6.07, 6.45) is 5.44. The lowest BCUT2D eigenvalue weighted by molar-refractivity contribution is 0.157. The van der Waals surface area contributed by atoms with Crippen molar-refractivity contribution in [2.24, 2.45) is 5.41 Å². The highest BCUT2D eigenvalue weighted by Gasteiger charge is 2.30. The Labute approximate surface area is 90.5 Å². The second-order valence-corrected chi connectivity index (χ2v) is 5.50. The zero-order valence-electron chi connectivity index (χ0n) is 8.88. The third-order valence-electron chi connectivity index (χ3n) is 3.28. The lowest BCUT2D eigenvalue weighted by atomic mass is 9.70. The first-order valence-corrected chi connectivity index (χ1v) is 6.45. The van der Waals surface area contributed by atoms with Crippen molar-refractivity contribution in [3.8, 4) is 0 Å². The monoisotopic (exact) mass is 209 g/mol. The molecule has 1 saturated carbocycles. The van der Waals surface area contributed by atoms with Crippen molar-refractivity contribution in [2.45, 2.75) is 32.6 Å². The Morgan fingerprint density at radius 1 is 1.50 bits per heavy atom. The van der Waals surface area contributed by atoms with Gasteiger partial charge in [-0.15, -0.1) is 0 Å².